The molecule has 3 nitrogen and oxygen atoms in total. The Labute approximate surface area is 151 Å². The van der Waals surface area contributed by atoms with Gasteiger partial charge in [0.2, 0.25) is 5.91 Å². The minimum absolute atomic E-state index is 0.194. The molecule has 1 aliphatic carbocycles. The summed E-state index contributed by atoms with van der Waals surface area (Å²) in [6.07, 6.45) is 6.61. The lowest BCUT2D eigenvalue weighted by Crippen LogP contribution is -2.32. The summed E-state index contributed by atoms with van der Waals surface area (Å²) in [4.78, 5) is 14.6. The fraction of sp³-hybridized carbons (Fsp3) is 0.500. The van der Waals surface area contributed by atoms with Crippen LogP contribution in [0.15, 0.2) is 42.5 Å². The van der Waals surface area contributed by atoms with Gasteiger partial charge in [0.25, 0.3) is 0 Å². The monoisotopic (exact) mass is 338 g/mol. The fourth-order valence-corrected chi connectivity index (χ4v) is 3.42. The molecule has 0 atom stereocenters. The molecule has 3 rings (SSSR count). The smallest absolute Gasteiger partial charge is 0.221 e. The van der Waals surface area contributed by atoms with Gasteiger partial charge in [0, 0.05) is 32.1 Å². The molecule has 2 aromatic rings. The van der Waals surface area contributed by atoms with E-state index in [1.54, 1.807) is 0 Å². The summed E-state index contributed by atoms with van der Waals surface area (Å²) in [5, 5.41) is 5.69. The van der Waals surface area contributed by atoms with Crippen molar-refractivity contribution >= 4 is 16.7 Å². The molecule has 0 saturated heterocycles. The molecule has 1 saturated carbocycles. The van der Waals surface area contributed by atoms with E-state index in [9.17, 15) is 4.79 Å². The van der Waals surface area contributed by atoms with E-state index in [4.69, 9.17) is 0 Å². The molecule has 1 N–H and O–H groups in total. The average Bonchev–Trinajstić information content (AvgIpc) is 3.47. The van der Waals surface area contributed by atoms with Gasteiger partial charge in [-0.3, -0.25) is 9.69 Å². The quantitative estimate of drug-likeness (QED) is 0.647. The summed E-state index contributed by atoms with van der Waals surface area (Å²) in [5.41, 5.74) is 1.37. The number of benzene rings is 2. The van der Waals surface area contributed by atoms with Crippen molar-refractivity contribution in [3.05, 3.63) is 48.0 Å². The maximum absolute atomic E-state index is 12.1. The van der Waals surface area contributed by atoms with E-state index in [1.807, 2.05) is 0 Å². The van der Waals surface area contributed by atoms with Gasteiger partial charge in [-0.05, 0) is 35.6 Å². The van der Waals surface area contributed by atoms with Gasteiger partial charge in [0.15, 0.2) is 0 Å². The Kier molecular flexibility index (Phi) is 6.46. The van der Waals surface area contributed by atoms with Crippen molar-refractivity contribution in [1.82, 2.24) is 10.2 Å². The van der Waals surface area contributed by atoms with Crippen LogP contribution >= 0.6 is 0 Å². The van der Waals surface area contributed by atoms with E-state index in [0.717, 1.165) is 26.1 Å². The summed E-state index contributed by atoms with van der Waals surface area (Å²) in [6, 6.07) is 15.8. The predicted molar refractivity (Wildman–Crippen MR) is 105 cm³/mol. The van der Waals surface area contributed by atoms with Crippen LogP contribution < -0.4 is 5.32 Å². The van der Waals surface area contributed by atoms with E-state index in [2.05, 4.69) is 59.6 Å². The second-order valence-corrected chi connectivity index (χ2v) is 7.15. The predicted octanol–water partition coefficient (Wildman–Crippen LogP) is 4.50. The van der Waals surface area contributed by atoms with Gasteiger partial charge < -0.3 is 5.32 Å². The number of nitrogens with one attached hydrogen (secondary N) is 1. The normalized spacial score (nSPS) is 14.2. The molecule has 1 amide bonds. The first-order valence-corrected chi connectivity index (χ1v) is 9.75. The van der Waals surface area contributed by atoms with Crippen LogP contribution in [-0.4, -0.2) is 29.9 Å². The number of amides is 1. The van der Waals surface area contributed by atoms with Crippen LogP contribution in [0.25, 0.3) is 10.8 Å². The summed E-state index contributed by atoms with van der Waals surface area (Å²) >= 11 is 0. The van der Waals surface area contributed by atoms with Crippen LogP contribution in [0.2, 0.25) is 0 Å². The minimum atomic E-state index is 0.194. The molecule has 0 heterocycles. The lowest BCUT2D eigenvalue weighted by molar-refractivity contribution is -0.121. The maximum Gasteiger partial charge on any atom is 0.221 e. The van der Waals surface area contributed by atoms with E-state index >= 15 is 0 Å². The van der Waals surface area contributed by atoms with Crippen molar-refractivity contribution in [2.75, 3.05) is 13.1 Å². The van der Waals surface area contributed by atoms with Gasteiger partial charge in [-0.2, -0.15) is 0 Å². The van der Waals surface area contributed by atoms with Crippen LogP contribution in [0, 0.1) is 0 Å². The highest BCUT2D eigenvalue weighted by Crippen LogP contribution is 2.30. The number of fused-ring (bicyclic) bond motifs is 1. The third-order valence-corrected chi connectivity index (χ3v) is 5.05. The van der Waals surface area contributed by atoms with Gasteiger partial charge >= 0.3 is 0 Å². The Bertz CT molecular complexity index is 688. The molecule has 1 aliphatic rings. The van der Waals surface area contributed by atoms with Crippen molar-refractivity contribution in [2.24, 2.45) is 0 Å². The third-order valence-electron chi connectivity index (χ3n) is 5.05. The van der Waals surface area contributed by atoms with Gasteiger partial charge in [-0.25, -0.2) is 0 Å². The summed E-state index contributed by atoms with van der Waals surface area (Å²) in [5.74, 6) is 0.194. The Balaban J connectivity index is 1.56. The fourth-order valence-electron chi connectivity index (χ4n) is 3.42. The number of unbranched alkanes of at least 4 members (excludes halogenated alkanes) is 2. The largest absolute Gasteiger partial charge is 0.356 e. The van der Waals surface area contributed by atoms with Crippen LogP contribution in [0.3, 0.4) is 0 Å². The zero-order valence-electron chi connectivity index (χ0n) is 15.3. The number of carbonyl (C=O) groups excluding carboxylic acids is 1. The Morgan fingerprint density at radius 3 is 2.72 bits per heavy atom. The van der Waals surface area contributed by atoms with Crippen LogP contribution in [0.1, 0.15) is 51.0 Å². The first-order chi connectivity index (χ1) is 12.3. The van der Waals surface area contributed by atoms with E-state index in [0.29, 0.717) is 12.5 Å². The van der Waals surface area contributed by atoms with Crippen molar-refractivity contribution in [3.63, 3.8) is 0 Å². The molecule has 0 aliphatic heterocycles. The highest BCUT2D eigenvalue weighted by atomic mass is 16.1. The Hall–Kier alpha value is -1.87. The summed E-state index contributed by atoms with van der Waals surface area (Å²) in [7, 11) is 0. The maximum atomic E-state index is 12.1. The highest BCUT2D eigenvalue weighted by molar-refractivity contribution is 5.85. The lowest BCUT2D eigenvalue weighted by Gasteiger charge is -2.22. The van der Waals surface area contributed by atoms with Gasteiger partial charge in [0.1, 0.15) is 0 Å². The molecule has 134 valence electrons. The molecule has 0 spiro atoms. The standard InChI is InChI=1S/C22H30N2O/c1-2-3-6-15-23-22(25)14-16-24(20-12-13-20)17-19-10-7-9-18-8-4-5-11-21(18)19/h4-5,7-11,20H,2-3,6,12-17H2,1H3,(H,23,25). The molecule has 0 unspecified atom stereocenters. The van der Waals surface area contributed by atoms with Crippen molar-refractivity contribution in [1.29, 1.82) is 0 Å². The zero-order valence-corrected chi connectivity index (χ0v) is 15.3. The van der Waals surface area contributed by atoms with Gasteiger partial charge in [0.05, 0.1) is 0 Å². The summed E-state index contributed by atoms with van der Waals surface area (Å²) in [6.45, 7) is 4.80. The number of nitrogens with zero attached hydrogens (tertiary/aromatic N) is 1. The van der Waals surface area contributed by atoms with Crippen LogP contribution in [0.4, 0.5) is 0 Å². The molecule has 3 heteroatoms. The molecule has 1 fully saturated rings. The molecular formula is C22H30N2O. The number of hydrogen-bond acceptors (Lipinski definition) is 2. The zero-order chi connectivity index (χ0) is 17.5. The highest BCUT2D eigenvalue weighted by Gasteiger charge is 2.29. The lowest BCUT2D eigenvalue weighted by atomic mass is 10.0. The van der Waals surface area contributed by atoms with Gasteiger partial charge in [-0.1, -0.05) is 62.2 Å². The second kappa shape index (κ2) is 9.00. The van der Waals surface area contributed by atoms with E-state index in [1.165, 1.54) is 42.0 Å². The average molecular weight is 338 g/mol. The van der Waals surface area contributed by atoms with Crippen molar-refractivity contribution in [3.8, 4) is 0 Å². The Morgan fingerprint density at radius 1 is 1.12 bits per heavy atom. The number of hydrogen-bond donors (Lipinski definition) is 1. The Morgan fingerprint density at radius 2 is 1.92 bits per heavy atom. The van der Waals surface area contributed by atoms with E-state index in [-0.39, 0.29) is 5.91 Å². The van der Waals surface area contributed by atoms with Crippen molar-refractivity contribution < 1.29 is 4.79 Å². The SMILES string of the molecule is CCCCCNC(=O)CCN(Cc1cccc2ccccc12)C1CC1. The molecule has 2 aromatic carbocycles. The van der Waals surface area contributed by atoms with Crippen molar-refractivity contribution in [2.45, 2.75) is 58.0 Å². The number of rotatable bonds is 10. The topological polar surface area (TPSA) is 32.3 Å². The first kappa shape index (κ1) is 17.9. The van der Waals surface area contributed by atoms with Gasteiger partial charge in [-0.15, -0.1) is 0 Å². The minimum Gasteiger partial charge on any atom is -0.356 e. The summed E-state index contributed by atoms with van der Waals surface area (Å²) < 4.78 is 0. The van der Waals surface area contributed by atoms with Crippen LogP contribution in [-0.2, 0) is 11.3 Å². The molecular weight excluding hydrogens is 308 g/mol. The first-order valence-electron chi connectivity index (χ1n) is 9.75. The van der Waals surface area contributed by atoms with Crippen LogP contribution in [0.5, 0.6) is 0 Å². The third kappa shape index (κ3) is 5.30. The second-order valence-electron chi connectivity index (χ2n) is 7.15. The number of carbonyl (C=O) groups is 1. The molecule has 25 heavy (non-hydrogen) atoms. The molecule has 0 aromatic heterocycles. The van der Waals surface area contributed by atoms with E-state index < -0.39 is 0 Å². The molecule has 0 bridgehead atoms. The molecule has 0 radical (unpaired) electrons.